The van der Waals surface area contributed by atoms with E-state index < -0.39 is 17.3 Å². The van der Waals surface area contributed by atoms with Gasteiger partial charge in [-0.25, -0.2) is 13.6 Å². The lowest BCUT2D eigenvalue weighted by Crippen LogP contribution is -2.25. The third-order valence-corrected chi connectivity index (χ3v) is 4.65. The summed E-state index contributed by atoms with van der Waals surface area (Å²) in [6.07, 6.45) is 4.47. The predicted octanol–water partition coefficient (Wildman–Crippen LogP) is 2.14. The molecule has 1 fully saturated rings. The van der Waals surface area contributed by atoms with E-state index in [-0.39, 0.29) is 30.8 Å². The van der Waals surface area contributed by atoms with Gasteiger partial charge in [0.2, 0.25) is 5.88 Å². The predicted molar refractivity (Wildman–Crippen MR) is 110 cm³/mol. The molecule has 2 aliphatic heterocycles. The van der Waals surface area contributed by atoms with Gasteiger partial charge < -0.3 is 29.8 Å². The molecule has 1 unspecified atom stereocenters. The molecule has 11 heteroatoms. The van der Waals surface area contributed by atoms with Gasteiger partial charge in [0.25, 0.3) is 0 Å². The van der Waals surface area contributed by atoms with Gasteiger partial charge in [-0.3, -0.25) is 4.57 Å². The molecule has 9 nitrogen and oxygen atoms in total. The van der Waals surface area contributed by atoms with E-state index in [1.165, 1.54) is 10.8 Å². The third kappa shape index (κ3) is 5.00. The minimum absolute atomic E-state index is 0.0372. The number of rotatable bonds is 9. The molecule has 0 spiro atoms. The van der Waals surface area contributed by atoms with E-state index >= 15 is 0 Å². The first kappa shape index (κ1) is 22.2. The summed E-state index contributed by atoms with van der Waals surface area (Å²) in [5.41, 5.74) is -0.0972. The highest BCUT2D eigenvalue weighted by Gasteiger charge is 2.35. The molecule has 0 radical (unpaired) electrons. The van der Waals surface area contributed by atoms with Gasteiger partial charge in [-0.15, -0.1) is 0 Å². The SMILES string of the molecule is C\C=C(/C=C(F)\C(=C\F)O/C(C=N)=C/NC)COc1cc2n(c(=O)n1)CC1OCCN21. The number of halogens is 2. The summed E-state index contributed by atoms with van der Waals surface area (Å²) in [7, 11) is 1.56. The molecule has 0 bridgehead atoms. The van der Waals surface area contributed by atoms with Gasteiger partial charge >= 0.3 is 5.69 Å². The fraction of sp³-hybridized carbons (Fsp3) is 0.350. The van der Waals surface area contributed by atoms with Crippen LogP contribution in [0.1, 0.15) is 6.92 Å². The Morgan fingerprint density at radius 1 is 1.52 bits per heavy atom. The van der Waals surface area contributed by atoms with Gasteiger partial charge in [0, 0.05) is 25.9 Å². The summed E-state index contributed by atoms with van der Waals surface area (Å²) in [6.45, 7) is 3.21. The molecule has 2 aliphatic rings. The fourth-order valence-corrected chi connectivity index (χ4v) is 3.14. The number of anilines is 1. The van der Waals surface area contributed by atoms with Crippen LogP contribution >= 0.6 is 0 Å². The number of hydrogen-bond donors (Lipinski definition) is 2. The quantitative estimate of drug-likeness (QED) is 0.348. The highest BCUT2D eigenvalue weighted by atomic mass is 19.1. The van der Waals surface area contributed by atoms with E-state index in [0.717, 1.165) is 12.3 Å². The first-order chi connectivity index (χ1) is 15.0. The number of hydrogen-bond acceptors (Lipinski definition) is 8. The minimum Gasteiger partial charge on any atom is -0.473 e. The molecular formula is C20H23F2N5O4. The van der Waals surface area contributed by atoms with Crippen LogP contribution in [0.15, 0.2) is 58.5 Å². The number of ether oxygens (including phenoxy) is 3. The van der Waals surface area contributed by atoms with Crippen molar-refractivity contribution in [3.8, 4) is 5.88 Å². The topological polar surface area (TPSA) is 102 Å². The number of fused-ring (bicyclic) bond motifs is 3. The van der Waals surface area contributed by atoms with Crippen molar-refractivity contribution in [1.82, 2.24) is 14.9 Å². The summed E-state index contributed by atoms with van der Waals surface area (Å²) in [5.74, 6) is -1.02. The summed E-state index contributed by atoms with van der Waals surface area (Å²) in [4.78, 5) is 18.1. The van der Waals surface area contributed by atoms with Crippen molar-refractivity contribution in [2.45, 2.75) is 19.7 Å². The monoisotopic (exact) mass is 435 g/mol. The van der Waals surface area contributed by atoms with Crippen molar-refractivity contribution in [3.05, 3.63) is 64.2 Å². The molecule has 1 aromatic heterocycles. The first-order valence-electron chi connectivity index (χ1n) is 9.52. The van der Waals surface area contributed by atoms with E-state index in [1.807, 2.05) is 4.90 Å². The van der Waals surface area contributed by atoms with E-state index in [9.17, 15) is 13.6 Å². The average molecular weight is 435 g/mol. The molecule has 1 saturated heterocycles. The van der Waals surface area contributed by atoms with Crippen LogP contribution in [-0.4, -0.2) is 48.8 Å². The van der Waals surface area contributed by atoms with Gasteiger partial charge in [0.15, 0.2) is 17.3 Å². The van der Waals surface area contributed by atoms with E-state index in [1.54, 1.807) is 26.1 Å². The number of nitrogens with zero attached hydrogens (tertiary/aromatic N) is 3. The zero-order chi connectivity index (χ0) is 22.4. The molecule has 0 amide bonds. The molecule has 166 valence electrons. The molecule has 1 atom stereocenters. The molecule has 1 aromatic rings. The van der Waals surface area contributed by atoms with Crippen molar-refractivity contribution in [3.63, 3.8) is 0 Å². The standard InChI is InChI=1S/C20H23F2N5O4/c1-3-13(6-15(22)16(8-21)31-14(9-23)10-24-2)12-30-17-7-18-26-4-5-29-19(26)11-27(18)20(28)25-17/h3,6-10,19,23-24H,4-5,11-12H2,1-2H3/b13-3+,14-10+,15-6+,16-8-,23-9?. The zero-order valence-electron chi connectivity index (χ0n) is 17.1. The van der Waals surface area contributed by atoms with Crippen LogP contribution in [0.4, 0.5) is 14.6 Å². The molecule has 3 heterocycles. The Morgan fingerprint density at radius 2 is 2.32 bits per heavy atom. The average Bonchev–Trinajstić information content (AvgIpc) is 3.36. The highest BCUT2D eigenvalue weighted by Crippen LogP contribution is 2.30. The third-order valence-electron chi connectivity index (χ3n) is 4.65. The van der Waals surface area contributed by atoms with Crippen molar-refractivity contribution in [2.24, 2.45) is 0 Å². The second-order valence-corrected chi connectivity index (χ2v) is 6.56. The normalized spacial score (nSPS) is 19.2. The van der Waals surface area contributed by atoms with Crippen LogP contribution in [0.2, 0.25) is 0 Å². The Kier molecular flexibility index (Phi) is 7.19. The Hall–Kier alpha value is -3.47. The van der Waals surface area contributed by atoms with Crippen molar-refractivity contribution < 1.29 is 23.0 Å². The maximum atomic E-state index is 14.5. The lowest BCUT2D eigenvalue weighted by atomic mass is 10.2. The molecule has 31 heavy (non-hydrogen) atoms. The smallest absolute Gasteiger partial charge is 0.352 e. The molecule has 0 saturated carbocycles. The Bertz CT molecular complexity index is 1020. The maximum Gasteiger partial charge on any atom is 0.352 e. The van der Waals surface area contributed by atoms with Gasteiger partial charge in [-0.1, -0.05) is 6.08 Å². The fourth-order valence-electron chi connectivity index (χ4n) is 3.14. The van der Waals surface area contributed by atoms with Crippen LogP contribution in [0.3, 0.4) is 0 Å². The molecule has 2 N–H and O–H groups in total. The number of nitrogens with one attached hydrogen (secondary N) is 2. The van der Waals surface area contributed by atoms with Crippen molar-refractivity contribution >= 4 is 12.0 Å². The molecule has 0 aromatic carbocycles. The second-order valence-electron chi connectivity index (χ2n) is 6.56. The van der Waals surface area contributed by atoms with Crippen LogP contribution in [-0.2, 0) is 16.0 Å². The largest absolute Gasteiger partial charge is 0.473 e. The van der Waals surface area contributed by atoms with Crippen molar-refractivity contribution in [2.75, 3.05) is 31.7 Å². The van der Waals surface area contributed by atoms with E-state index in [0.29, 0.717) is 31.1 Å². The van der Waals surface area contributed by atoms with Crippen LogP contribution in [0.25, 0.3) is 0 Å². The zero-order valence-corrected chi connectivity index (χ0v) is 17.1. The second kappa shape index (κ2) is 10.0. The van der Waals surface area contributed by atoms with E-state index in [4.69, 9.17) is 19.6 Å². The van der Waals surface area contributed by atoms with Crippen LogP contribution in [0, 0.1) is 5.41 Å². The van der Waals surface area contributed by atoms with E-state index in [2.05, 4.69) is 10.3 Å². The van der Waals surface area contributed by atoms with Crippen molar-refractivity contribution in [1.29, 1.82) is 5.41 Å². The lowest BCUT2D eigenvalue weighted by molar-refractivity contribution is 0.108. The van der Waals surface area contributed by atoms with Gasteiger partial charge in [-0.2, -0.15) is 4.98 Å². The molecular weight excluding hydrogens is 412 g/mol. The highest BCUT2D eigenvalue weighted by molar-refractivity contribution is 5.73. The lowest BCUT2D eigenvalue weighted by Gasteiger charge is -2.15. The summed E-state index contributed by atoms with van der Waals surface area (Å²) < 4.78 is 45.3. The van der Waals surface area contributed by atoms with Crippen LogP contribution in [0.5, 0.6) is 5.88 Å². The first-order valence-corrected chi connectivity index (χ1v) is 9.52. The minimum atomic E-state index is -0.998. The number of aromatic nitrogens is 2. The van der Waals surface area contributed by atoms with Gasteiger partial charge in [-0.05, 0) is 18.6 Å². The van der Waals surface area contributed by atoms with Gasteiger partial charge in [0.1, 0.15) is 25.0 Å². The summed E-state index contributed by atoms with van der Waals surface area (Å²) in [5, 5.41) is 9.81. The maximum absolute atomic E-state index is 14.5. The summed E-state index contributed by atoms with van der Waals surface area (Å²) >= 11 is 0. The Labute approximate surface area is 177 Å². The number of allylic oxidation sites excluding steroid dienone is 3. The van der Waals surface area contributed by atoms with Gasteiger partial charge in [0.05, 0.1) is 19.4 Å². The Balaban J connectivity index is 1.70. The molecule has 0 aliphatic carbocycles. The molecule has 3 rings (SSSR count). The van der Waals surface area contributed by atoms with Crippen LogP contribution < -0.4 is 20.6 Å². The summed E-state index contributed by atoms with van der Waals surface area (Å²) in [6, 6.07) is 1.64. The Morgan fingerprint density at radius 3 is 3.00 bits per heavy atom.